The predicted molar refractivity (Wildman–Crippen MR) is 171 cm³/mol. The van der Waals surface area contributed by atoms with E-state index in [0.29, 0.717) is 17.8 Å². The second-order valence-corrected chi connectivity index (χ2v) is 17.0. The Morgan fingerprint density at radius 2 is 1.52 bits per heavy atom. The summed E-state index contributed by atoms with van der Waals surface area (Å²) in [6.45, 7) is 18.2. The molecule has 1 heterocycles. The summed E-state index contributed by atoms with van der Waals surface area (Å²) < 4.78 is 12.2. The molecule has 5 aliphatic rings. The van der Waals surface area contributed by atoms with Crippen LogP contribution in [0.15, 0.2) is 23.3 Å². The van der Waals surface area contributed by atoms with Crippen molar-refractivity contribution in [2.45, 2.75) is 156 Å². The molecule has 0 aromatic rings. The number of hydrogen-bond acceptors (Lipinski definition) is 7. The van der Waals surface area contributed by atoms with Crippen LogP contribution >= 0.6 is 0 Å². The molecule has 5 N–H and O–H groups in total. The highest BCUT2D eigenvalue weighted by Crippen LogP contribution is 2.74. The van der Waals surface area contributed by atoms with E-state index in [4.69, 9.17) is 9.47 Å². The monoisotopic (exact) mass is 618 g/mol. The summed E-state index contributed by atoms with van der Waals surface area (Å²) in [4.78, 5) is 0. The van der Waals surface area contributed by atoms with Crippen molar-refractivity contribution in [1.82, 2.24) is 0 Å². The Morgan fingerprint density at radius 3 is 2.18 bits per heavy atom. The van der Waals surface area contributed by atoms with Crippen LogP contribution in [0.1, 0.15) is 113 Å². The zero-order chi connectivity index (χ0) is 32.4. The molecule has 7 nitrogen and oxygen atoms in total. The van der Waals surface area contributed by atoms with Crippen LogP contribution in [0.2, 0.25) is 0 Å². The first-order chi connectivity index (χ1) is 20.5. The van der Waals surface area contributed by atoms with E-state index in [-0.39, 0.29) is 39.8 Å². The largest absolute Gasteiger partial charge is 0.394 e. The van der Waals surface area contributed by atoms with Crippen LogP contribution in [-0.4, -0.2) is 75.1 Å². The van der Waals surface area contributed by atoms with Gasteiger partial charge in [-0.2, -0.15) is 0 Å². The number of aliphatic hydroxyl groups excluding tert-OH is 5. The van der Waals surface area contributed by atoms with Gasteiger partial charge < -0.3 is 35.0 Å². The van der Waals surface area contributed by atoms with E-state index in [1.807, 2.05) is 0 Å². The number of aliphatic hydroxyl groups is 5. The minimum Gasteiger partial charge on any atom is -0.394 e. The lowest BCUT2D eigenvalue weighted by Gasteiger charge is -2.72. The zero-order valence-electron chi connectivity index (χ0n) is 28.6. The second kappa shape index (κ2) is 12.3. The summed E-state index contributed by atoms with van der Waals surface area (Å²) in [6.07, 6.45) is 7.15. The standard InChI is InChI=1S/C37H62O7/c1-21(2)11-9-12-22(3)23-13-10-16-37(8)29(23)24(39)19-27-35(6)17-15-28(34(4,5)26(35)14-18-36(27,37)7)44-33-32(42)31(41)30(40)25(20-38)43-33/h11-12,23-33,38-42H,9-10,13-20H2,1-8H3/b22-12-/t23?,24?,25-,26?,27?,28?,29?,30-,31-,32-,33+,35?,36?,37?/m1/s1. The Bertz CT molecular complexity index is 1100. The van der Waals surface area contributed by atoms with Crippen LogP contribution in [0.4, 0.5) is 0 Å². The van der Waals surface area contributed by atoms with Crippen LogP contribution in [0, 0.1) is 45.3 Å². The molecule has 0 spiro atoms. The quantitative estimate of drug-likeness (QED) is 0.196. The molecule has 0 bridgehead atoms. The Hall–Kier alpha value is -0.800. The summed E-state index contributed by atoms with van der Waals surface area (Å²) in [5, 5.41) is 53.1. The van der Waals surface area contributed by atoms with Crippen molar-refractivity contribution in [3.63, 3.8) is 0 Å². The maximum absolute atomic E-state index is 12.1. The molecular weight excluding hydrogens is 556 g/mol. The first-order valence-corrected chi connectivity index (χ1v) is 17.5. The molecule has 5 fully saturated rings. The maximum atomic E-state index is 12.1. The van der Waals surface area contributed by atoms with Gasteiger partial charge in [-0.15, -0.1) is 0 Å². The normalized spacial score (nSPS) is 50.7. The topological polar surface area (TPSA) is 120 Å². The van der Waals surface area contributed by atoms with E-state index in [1.165, 1.54) is 30.4 Å². The third-order valence-electron chi connectivity index (χ3n) is 14.3. The van der Waals surface area contributed by atoms with E-state index in [1.54, 1.807) is 0 Å². The average Bonchev–Trinajstić information content (AvgIpc) is 2.95. The van der Waals surface area contributed by atoms with Gasteiger partial charge in [0.25, 0.3) is 0 Å². The molecule has 4 saturated carbocycles. The molecule has 44 heavy (non-hydrogen) atoms. The molecule has 1 aliphatic heterocycles. The van der Waals surface area contributed by atoms with Crippen molar-refractivity contribution >= 4 is 0 Å². The van der Waals surface area contributed by atoms with Gasteiger partial charge in [0.2, 0.25) is 0 Å². The molecule has 7 heteroatoms. The predicted octanol–water partition coefficient (Wildman–Crippen LogP) is 5.52. The molecular formula is C37H62O7. The summed E-state index contributed by atoms with van der Waals surface area (Å²) >= 11 is 0. The highest BCUT2D eigenvalue weighted by molar-refractivity contribution is 5.21. The molecule has 5 rings (SSSR count). The first kappa shape index (κ1) is 34.5. The van der Waals surface area contributed by atoms with Crippen molar-refractivity contribution in [2.75, 3.05) is 6.61 Å². The summed E-state index contributed by atoms with van der Waals surface area (Å²) in [5.74, 6) is 1.46. The van der Waals surface area contributed by atoms with Crippen LogP contribution in [-0.2, 0) is 9.47 Å². The first-order valence-electron chi connectivity index (χ1n) is 17.5. The minimum absolute atomic E-state index is 0.0297. The zero-order valence-corrected chi connectivity index (χ0v) is 28.6. The fourth-order valence-corrected chi connectivity index (χ4v) is 11.7. The van der Waals surface area contributed by atoms with Crippen molar-refractivity contribution in [1.29, 1.82) is 0 Å². The lowest BCUT2D eigenvalue weighted by atomic mass is 9.33. The van der Waals surface area contributed by atoms with Crippen molar-refractivity contribution in [3.8, 4) is 0 Å². The van der Waals surface area contributed by atoms with Gasteiger partial charge in [0, 0.05) is 0 Å². The Kier molecular flexibility index (Phi) is 9.68. The number of fused-ring (bicyclic) bond motifs is 5. The number of allylic oxidation sites excluding steroid dienone is 4. The highest BCUT2D eigenvalue weighted by Gasteiger charge is 2.69. The van der Waals surface area contributed by atoms with Crippen molar-refractivity contribution in [2.24, 2.45) is 45.3 Å². The fraction of sp³-hybridized carbons (Fsp3) is 0.892. The van der Waals surface area contributed by atoms with Gasteiger partial charge >= 0.3 is 0 Å². The van der Waals surface area contributed by atoms with E-state index in [2.05, 4.69) is 67.5 Å². The Morgan fingerprint density at radius 1 is 0.818 bits per heavy atom. The van der Waals surface area contributed by atoms with E-state index in [9.17, 15) is 25.5 Å². The number of ether oxygens (including phenoxy) is 2. The van der Waals surface area contributed by atoms with Gasteiger partial charge in [0.05, 0.1) is 18.8 Å². The Labute approximate surface area is 266 Å². The molecule has 0 radical (unpaired) electrons. The SMILES string of the molecule is CC(C)=CC/C=C(/C)C1CCCC2(C)C1C(O)CC1C3(C)CCC(O[C@@H]4O[C@H](CO)[C@@H](O)[C@@H](O)[C@H]4O)C(C)(C)C3CCC12C. The minimum atomic E-state index is -1.44. The molecule has 252 valence electrons. The third kappa shape index (κ3) is 5.38. The molecule has 4 aliphatic carbocycles. The van der Waals surface area contributed by atoms with Gasteiger partial charge in [-0.3, -0.25) is 0 Å². The summed E-state index contributed by atoms with van der Waals surface area (Å²) in [7, 11) is 0. The van der Waals surface area contributed by atoms with E-state index >= 15 is 0 Å². The van der Waals surface area contributed by atoms with Crippen LogP contribution in [0.25, 0.3) is 0 Å². The molecule has 0 aromatic heterocycles. The molecule has 1 saturated heterocycles. The van der Waals surface area contributed by atoms with Crippen molar-refractivity contribution < 1.29 is 35.0 Å². The lowest BCUT2D eigenvalue weighted by Crippen LogP contribution is -2.68. The average molecular weight is 619 g/mol. The third-order valence-corrected chi connectivity index (χ3v) is 14.3. The maximum Gasteiger partial charge on any atom is 0.186 e. The Balaban J connectivity index is 1.39. The van der Waals surface area contributed by atoms with Crippen molar-refractivity contribution in [3.05, 3.63) is 23.3 Å². The summed E-state index contributed by atoms with van der Waals surface area (Å²) in [6, 6.07) is 0. The summed E-state index contributed by atoms with van der Waals surface area (Å²) in [5.41, 5.74) is 2.77. The molecule has 0 aromatic carbocycles. The molecule has 14 atom stereocenters. The number of rotatable bonds is 6. The van der Waals surface area contributed by atoms with Crippen LogP contribution in [0.5, 0.6) is 0 Å². The van der Waals surface area contributed by atoms with Gasteiger partial charge in [0.1, 0.15) is 24.4 Å². The smallest absolute Gasteiger partial charge is 0.186 e. The number of hydrogen-bond donors (Lipinski definition) is 5. The van der Waals surface area contributed by atoms with E-state index < -0.39 is 37.3 Å². The van der Waals surface area contributed by atoms with Gasteiger partial charge in [-0.05, 0) is 117 Å². The highest BCUT2D eigenvalue weighted by atomic mass is 16.7. The lowest BCUT2D eigenvalue weighted by molar-refractivity contribution is -0.332. The van der Waals surface area contributed by atoms with Gasteiger partial charge in [-0.1, -0.05) is 64.3 Å². The van der Waals surface area contributed by atoms with E-state index in [0.717, 1.165) is 38.5 Å². The van der Waals surface area contributed by atoms with Crippen LogP contribution in [0.3, 0.4) is 0 Å². The van der Waals surface area contributed by atoms with Crippen LogP contribution < -0.4 is 0 Å². The molecule has 0 amide bonds. The fourth-order valence-electron chi connectivity index (χ4n) is 11.7. The van der Waals surface area contributed by atoms with Gasteiger partial charge in [0.15, 0.2) is 6.29 Å². The van der Waals surface area contributed by atoms with Gasteiger partial charge in [-0.25, -0.2) is 0 Å². The second-order valence-electron chi connectivity index (χ2n) is 17.0. The molecule has 9 unspecified atom stereocenters.